The van der Waals surface area contributed by atoms with Gasteiger partial charge in [0.2, 0.25) is 0 Å². The molecule has 0 radical (unpaired) electrons. The normalized spacial score (nSPS) is 14.9. The average molecular weight is 316 g/mol. The van der Waals surface area contributed by atoms with E-state index < -0.39 is 10.8 Å². The fourth-order valence-corrected chi connectivity index (χ4v) is 2.21. The summed E-state index contributed by atoms with van der Waals surface area (Å²) in [4.78, 5) is 22.6. The van der Waals surface area contributed by atoms with Crippen LogP contribution in [0.15, 0.2) is 18.2 Å². The molecule has 7 nitrogen and oxygen atoms in total. The smallest absolute Gasteiger partial charge is 0.282 e. The van der Waals surface area contributed by atoms with Crippen LogP contribution in [0, 0.1) is 10.1 Å². The minimum absolute atomic E-state index is 0. The molecule has 21 heavy (non-hydrogen) atoms. The zero-order valence-corrected chi connectivity index (χ0v) is 12.4. The molecule has 1 aliphatic heterocycles. The molecule has 0 bridgehead atoms. The second-order valence-electron chi connectivity index (χ2n) is 4.64. The third kappa shape index (κ3) is 4.30. The first-order chi connectivity index (χ1) is 9.61. The van der Waals surface area contributed by atoms with Crippen LogP contribution < -0.4 is 15.4 Å². The molecule has 0 aromatic heterocycles. The molecule has 2 N–H and O–H groups in total. The molecule has 1 heterocycles. The van der Waals surface area contributed by atoms with Gasteiger partial charge in [0.05, 0.1) is 12.0 Å². The molecule has 0 spiro atoms. The number of nitrogens with zero attached hydrogens (tertiary/aromatic N) is 1. The second-order valence-corrected chi connectivity index (χ2v) is 4.64. The Bertz CT molecular complexity index is 518. The molecule has 0 unspecified atom stereocenters. The van der Waals surface area contributed by atoms with Crippen molar-refractivity contribution in [1.82, 2.24) is 10.6 Å². The molecule has 0 atom stereocenters. The highest BCUT2D eigenvalue weighted by Gasteiger charge is 2.23. The maximum absolute atomic E-state index is 12.2. The molecule has 0 saturated carbocycles. The van der Waals surface area contributed by atoms with Crippen LogP contribution in [0.25, 0.3) is 0 Å². The SMILES string of the molecule is COc1ccc([N+](=O)[O-])c(C(=O)NC2CCNCC2)c1.Cl. The number of rotatable bonds is 4. The summed E-state index contributed by atoms with van der Waals surface area (Å²) in [6.45, 7) is 1.68. The second kappa shape index (κ2) is 7.80. The van der Waals surface area contributed by atoms with Gasteiger partial charge < -0.3 is 15.4 Å². The maximum Gasteiger partial charge on any atom is 0.282 e. The first-order valence-corrected chi connectivity index (χ1v) is 6.46. The Morgan fingerprint density at radius 3 is 2.67 bits per heavy atom. The number of carbonyl (C=O) groups excluding carboxylic acids is 1. The van der Waals surface area contributed by atoms with E-state index in [2.05, 4.69) is 10.6 Å². The van der Waals surface area contributed by atoms with Crippen LogP contribution >= 0.6 is 12.4 Å². The van der Waals surface area contributed by atoms with Gasteiger partial charge in [0.1, 0.15) is 11.3 Å². The van der Waals surface area contributed by atoms with Crippen LogP contribution in [0.4, 0.5) is 5.69 Å². The standard InChI is InChI=1S/C13H17N3O4.ClH/c1-20-10-2-3-12(16(18)19)11(8-10)13(17)15-9-4-6-14-7-5-9;/h2-3,8-9,14H,4-7H2,1H3,(H,15,17);1H. The van der Waals surface area contributed by atoms with Crippen molar-refractivity contribution in [2.75, 3.05) is 20.2 Å². The highest BCUT2D eigenvalue weighted by Crippen LogP contribution is 2.24. The highest BCUT2D eigenvalue weighted by molar-refractivity contribution is 5.98. The molecule has 116 valence electrons. The Morgan fingerprint density at radius 2 is 2.10 bits per heavy atom. The van der Waals surface area contributed by atoms with Crippen LogP contribution in [-0.2, 0) is 0 Å². The lowest BCUT2D eigenvalue weighted by molar-refractivity contribution is -0.385. The number of hydrogen-bond donors (Lipinski definition) is 2. The molecular formula is C13H18ClN3O4. The molecule has 2 rings (SSSR count). The number of nitrogens with one attached hydrogen (secondary N) is 2. The van der Waals surface area contributed by atoms with E-state index in [0.29, 0.717) is 5.75 Å². The van der Waals surface area contributed by atoms with Crippen LogP contribution in [0.2, 0.25) is 0 Å². The summed E-state index contributed by atoms with van der Waals surface area (Å²) in [7, 11) is 1.45. The van der Waals surface area contributed by atoms with E-state index >= 15 is 0 Å². The first kappa shape index (κ1) is 17.2. The number of ether oxygens (including phenoxy) is 1. The average Bonchev–Trinajstić information content (AvgIpc) is 2.47. The van der Waals surface area contributed by atoms with Crippen molar-refractivity contribution in [3.63, 3.8) is 0 Å². The molecule has 8 heteroatoms. The summed E-state index contributed by atoms with van der Waals surface area (Å²) in [5.74, 6) is -0.00596. The fraction of sp³-hybridized carbons (Fsp3) is 0.462. The summed E-state index contributed by atoms with van der Waals surface area (Å²) in [5, 5.41) is 17.0. The van der Waals surface area contributed by atoms with Gasteiger partial charge in [-0.15, -0.1) is 12.4 Å². The molecule has 1 amide bonds. The molecule has 1 fully saturated rings. The van der Waals surface area contributed by atoms with Crippen LogP contribution in [0.5, 0.6) is 5.75 Å². The predicted molar refractivity (Wildman–Crippen MR) is 80.3 cm³/mol. The van der Waals surface area contributed by atoms with Gasteiger partial charge in [0.25, 0.3) is 11.6 Å². The van der Waals surface area contributed by atoms with Crippen LogP contribution in [0.3, 0.4) is 0 Å². The van der Waals surface area contributed by atoms with Crippen molar-refractivity contribution in [3.8, 4) is 5.75 Å². The van der Waals surface area contributed by atoms with Gasteiger partial charge in [-0.2, -0.15) is 0 Å². The Kier molecular flexibility index (Phi) is 6.39. The molecule has 1 aliphatic rings. The van der Waals surface area contributed by atoms with Crippen molar-refractivity contribution < 1.29 is 14.5 Å². The monoisotopic (exact) mass is 315 g/mol. The number of amides is 1. The van der Waals surface area contributed by atoms with Crippen molar-refractivity contribution in [2.45, 2.75) is 18.9 Å². The number of methoxy groups -OCH3 is 1. The highest BCUT2D eigenvalue weighted by atomic mass is 35.5. The molecule has 1 saturated heterocycles. The van der Waals surface area contributed by atoms with Gasteiger partial charge in [-0.25, -0.2) is 0 Å². The Labute approximate surface area is 128 Å². The Balaban J connectivity index is 0.00000220. The van der Waals surface area contributed by atoms with Crippen molar-refractivity contribution >= 4 is 24.0 Å². The summed E-state index contributed by atoms with van der Waals surface area (Å²) in [6.07, 6.45) is 1.65. The van der Waals surface area contributed by atoms with Gasteiger partial charge >= 0.3 is 0 Å². The van der Waals surface area contributed by atoms with Crippen LogP contribution in [0.1, 0.15) is 23.2 Å². The van der Waals surface area contributed by atoms with Gasteiger partial charge in [0, 0.05) is 12.1 Å². The third-order valence-electron chi connectivity index (χ3n) is 3.32. The lowest BCUT2D eigenvalue weighted by Crippen LogP contribution is -2.42. The van der Waals surface area contributed by atoms with E-state index in [1.807, 2.05) is 0 Å². The zero-order valence-electron chi connectivity index (χ0n) is 11.6. The number of halogens is 1. The van der Waals surface area contributed by atoms with Crippen molar-refractivity contribution in [1.29, 1.82) is 0 Å². The number of nitro groups is 1. The summed E-state index contributed by atoms with van der Waals surface area (Å²) in [5.41, 5.74) is -0.176. The topological polar surface area (TPSA) is 93.5 Å². The molecule has 0 aliphatic carbocycles. The minimum atomic E-state index is -0.559. The quantitative estimate of drug-likeness (QED) is 0.649. The van der Waals surface area contributed by atoms with Gasteiger partial charge in [-0.3, -0.25) is 14.9 Å². The Morgan fingerprint density at radius 1 is 1.43 bits per heavy atom. The molecular weight excluding hydrogens is 298 g/mol. The van der Waals surface area contributed by atoms with E-state index in [9.17, 15) is 14.9 Å². The lowest BCUT2D eigenvalue weighted by atomic mass is 10.1. The summed E-state index contributed by atoms with van der Waals surface area (Å²) in [6, 6.07) is 4.21. The van der Waals surface area contributed by atoms with E-state index in [4.69, 9.17) is 4.74 Å². The molecule has 1 aromatic carbocycles. The van der Waals surface area contributed by atoms with Crippen molar-refractivity contribution in [2.24, 2.45) is 0 Å². The van der Waals surface area contributed by atoms with E-state index in [0.717, 1.165) is 25.9 Å². The van der Waals surface area contributed by atoms with E-state index in [-0.39, 0.29) is 29.7 Å². The number of piperidine rings is 1. The molecule has 1 aromatic rings. The zero-order chi connectivity index (χ0) is 14.5. The van der Waals surface area contributed by atoms with E-state index in [1.54, 1.807) is 0 Å². The summed E-state index contributed by atoms with van der Waals surface area (Å²) >= 11 is 0. The first-order valence-electron chi connectivity index (χ1n) is 6.46. The van der Waals surface area contributed by atoms with Gasteiger partial charge in [0.15, 0.2) is 0 Å². The number of nitro benzene ring substituents is 1. The lowest BCUT2D eigenvalue weighted by Gasteiger charge is -2.23. The maximum atomic E-state index is 12.2. The largest absolute Gasteiger partial charge is 0.497 e. The number of carbonyl (C=O) groups is 1. The third-order valence-corrected chi connectivity index (χ3v) is 3.32. The van der Waals surface area contributed by atoms with Crippen LogP contribution in [-0.4, -0.2) is 37.1 Å². The minimum Gasteiger partial charge on any atom is -0.497 e. The van der Waals surface area contributed by atoms with Gasteiger partial charge in [-0.05, 0) is 38.1 Å². The Hall–Kier alpha value is -1.86. The van der Waals surface area contributed by atoms with E-state index in [1.165, 1.54) is 25.3 Å². The number of hydrogen-bond acceptors (Lipinski definition) is 5. The van der Waals surface area contributed by atoms with Gasteiger partial charge in [-0.1, -0.05) is 0 Å². The number of benzene rings is 1. The predicted octanol–water partition coefficient (Wildman–Crippen LogP) is 1.51. The van der Waals surface area contributed by atoms with Crippen molar-refractivity contribution in [3.05, 3.63) is 33.9 Å². The fourth-order valence-electron chi connectivity index (χ4n) is 2.21. The summed E-state index contributed by atoms with van der Waals surface area (Å²) < 4.78 is 5.02.